The Hall–Kier alpha value is -1.55. The Morgan fingerprint density at radius 2 is 2.09 bits per heavy atom. The van der Waals surface area contributed by atoms with Gasteiger partial charge in [-0.1, -0.05) is 6.92 Å². The summed E-state index contributed by atoms with van der Waals surface area (Å²) in [5.74, 6) is 0.796. The summed E-state index contributed by atoms with van der Waals surface area (Å²) in [6.45, 7) is 13.2. The highest BCUT2D eigenvalue weighted by Crippen LogP contribution is 2.23. The van der Waals surface area contributed by atoms with Gasteiger partial charge >= 0.3 is 0 Å². The third kappa shape index (κ3) is 4.96. The van der Waals surface area contributed by atoms with Gasteiger partial charge in [-0.25, -0.2) is 0 Å². The number of nitrogens with one attached hydrogen (secondary N) is 1. The molecule has 1 aliphatic rings. The van der Waals surface area contributed by atoms with Crippen LogP contribution < -0.4 is 10.2 Å². The third-order valence-corrected chi connectivity index (χ3v) is 4.72. The van der Waals surface area contributed by atoms with Crippen molar-refractivity contribution >= 4 is 17.3 Å². The minimum atomic E-state index is 0.0952. The number of likely N-dealkylation sites (tertiary alicyclic amines) is 1. The van der Waals surface area contributed by atoms with Crippen LogP contribution in [0.25, 0.3) is 0 Å². The van der Waals surface area contributed by atoms with Gasteiger partial charge in [0.1, 0.15) is 0 Å². The molecule has 2 rings (SSSR count). The van der Waals surface area contributed by atoms with Gasteiger partial charge in [0.05, 0.1) is 6.54 Å². The highest BCUT2D eigenvalue weighted by atomic mass is 16.2. The normalized spacial score (nSPS) is 18.7. The monoisotopic (exact) mass is 317 g/mol. The number of carbonyl (C=O) groups is 1. The number of hydrogen-bond donors (Lipinski definition) is 1. The van der Waals surface area contributed by atoms with Crippen LogP contribution in [0.1, 0.15) is 39.2 Å². The number of amides is 1. The Bertz CT molecular complexity index is 525. The van der Waals surface area contributed by atoms with Crippen molar-refractivity contribution in [3.63, 3.8) is 0 Å². The number of nitrogens with zero attached hydrogens (tertiary/aromatic N) is 2. The molecule has 4 nitrogen and oxygen atoms in total. The summed E-state index contributed by atoms with van der Waals surface area (Å²) >= 11 is 0. The van der Waals surface area contributed by atoms with E-state index in [-0.39, 0.29) is 5.91 Å². The molecule has 1 fully saturated rings. The maximum Gasteiger partial charge on any atom is 0.238 e. The molecule has 1 amide bonds. The number of aryl methyl sites for hydroxylation is 1. The summed E-state index contributed by atoms with van der Waals surface area (Å²) in [7, 11) is 0. The number of anilines is 2. The van der Waals surface area contributed by atoms with E-state index in [1.807, 2.05) is 6.07 Å². The molecule has 0 saturated carbocycles. The van der Waals surface area contributed by atoms with Gasteiger partial charge in [-0.05, 0) is 69.8 Å². The number of rotatable bonds is 6. The van der Waals surface area contributed by atoms with E-state index in [1.54, 1.807) is 0 Å². The van der Waals surface area contributed by atoms with E-state index in [0.717, 1.165) is 37.4 Å². The second-order valence-electron chi connectivity index (χ2n) is 6.70. The first kappa shape index (κ1) is 17.8. The standard InChI is InChI=1S/C19H31N3O/c1-5-22(6-2)17-9-10-18(16(4)12-17)20-19(23)14-21-11-7-8-15(3)13-21/h9-10,12,15H,5-8,11,13-14H2,1-4H3,(H,20,23). The minimum Gasteiger partial charge on any atom is -0.372 e. The quantitative estimate of drug-likeness (QED) is 0.872. The molecule has 0 aromatic heterocycles. The van der Waals surface area contributed by atoms with E-state index >= 15 is 0 Å². The fourth-order valence-electron chi connectivity index (χ4n) is 3.40. The highest BCUT2D eigenvalue weighted by molar-refractivity contribution is 5.93. The number of hydrogen-bond acceptors (Lipinski definition) is 3. The summed E-state index contributed by atoms with van der Waals surface area (Å²) in [6.07, 6.45) is 2.48. The van der Waals surface area contributed by atoms with Gasteiger partial charge in [-0.15, -0.1) is 0 Å². The van der Waals surface area contributed by atoms with Gasteiger partial charge in [-0.3, -0.25) is 9.69 Å². The van der Waals surface area contributed by atoms with Crippen LogP contribution in [0.4, 0.5) is 11.4 Å². The predicted octanol–water partition coefficient (Wildman–Crippen LogP) is 3.51. The molecule has 1 heterocycles. The summed E-state index contributed by atoms with van der Waals surface area (Å²) in [6, 6.07) is 6.28. The third-order valence-electron chi connectivity index (χ3n) is 4.72. The maximum absolute atomic E-state index is 12.3. The fourth-order valence-corrected chi connectivity index (χ4v) is 3.40. The van der Waals surface area contributed by atoms with Crippen LogP contribution in [0.2, 0.25) is 0 Å². The molecule has 1 atom stereocenters. The molecule has 4 heteroatoms. The zero-order chi connectivity index (χ0) is 16.8. The molecular formula is C19H31N3O. The Balaban J connectivity index is 1.95. The lowest BCUT2D eigenvalue weighted by molar-refractivity contribution is -0.117. The van der Waals surface area contributed by atoms with Crippen molar-refractivity contribution in [2.24, 2.45) is 5.92 Å². The molecule has 0 bridgehead atoms. The zero-order valence-corrected chi connectivity index (χ0v) is 15.1. The van der Waals surface area contributed by atoms with Crippen molar-refractivity contribution in [3.8, 4) is 0 Å². The van der Waals surface area contributed by atoms with Crippen molar-refractivity contribution < 1.29 is 4.79 Å². The molecule has 1 aromatic rings. The van der Waals surface area contributed by atoms with E-state index in [9.17, 15) is 4.79 Å². The molecule has 1 saturated heterocycles. The van der Waals surface area contributed by atoms with Gasteiger partial charge in [0.25, 0.3) is 0 Å². The van der Waals surface area contributed by atoms with Gasteiger partial charge < -0.3 is 10.2 Å². The molecule has 0 radical (unpaired) electrons. The van der Waals surface area contributed by atoms with Gasteiger partial charge in [0, 0.05) is 31.0 Å². The largest absolute Gasteiger partial charge is 0.372 e. The lowest BCUT2D eigenvalue weighted by Crippen LogP contribution is -2.39. The zero-order valence-electron chi connectivity index (χ0n) is 15.1. The molecule has 1 aliphatic heterocycles. The van der Waals surface area contributed by atoms with Crippen LogP contribution in [0, 0.1) is 12.8 Å². The van der Waals surface area contributed by atoms with E-state index in [1.165, 1.54) is 18.5 Å². The summed E-state index contributed by atoms with van der Waals surface area (Å²) in [5, 5.41) is 3.08. The van der Waals surface area contributed by atoms with Crippen LogP contribution in [0.5, 0.6) is 0 Å². The Labute approximate surface area is 140 Å². The van der Waals surface area contributed by atoms with Crippen molar-refractivity contribution in [1.82, 2.24) is 4.90 Å². The molecule has 1 N–H and O–H groups in total. The Morgan fingerprint density at radius 1 is 1.35 bits per heavy atom. The van der Waals surface area contributed by atoms with E-state index in [0.29, 0.717) is 12.5 Å². The molecule has 1 unspecified atom stereocenters. The smallest absolute Gasteiger partial charge is 0.238 e. The number of piperidine rings is 1. The summed E-state index contributed by atoms with van der Waals surface area (Å²) in [5.41, 5.74) is 3.26. The van der Waals surface area contributed by atoms with Crippen molar-refractivity contribution in [3.05, 3.63) is 23.8 Å². The highest BCUT2D eigenvalue weighted by Gasteiger charge is 2.18. The molecule has 128 valence electrons. The van der Waals surface area contributed by atoms with Crippen LogP contribution in [-0.4, -0.2) is 43.5 Å². The fraction of sp³-hybridized carbons (Fsp3) is 0.632. The lowest BCUT2D eigenvalue weighted by atomic mass is 10.0. The Morgan fingerprint density at radius 3 is 2.70 bits per heavy atom. The second-order valence-corrected chi connectivity index (χ2v) is 6.70. The SMILES string of the molecule is CCN(CC)c1ccc(NC(=O)CN2CCCC(C)C2)c(C)c1. The van der Waals surface area contributed by atoms with Crippen LogP contribution in [0.3, 0.4) is 0 Å². The van der Waals surface area contributed by atoms with Crippen molar-refractivity contribution in [2.75, 3.05) is 42.9 Å². The average molecular weight is 317 g/mol. The first-order valence-electron chi connectivity index (χ1n) is 8.91. The number of carbonyl (C=O) groups excluding carboxylic acids is 1. The van der Waals surface area contributed by atoms with Gasteiger partial charge in [-0.2, -0.15) is 0 Å². The van der Waals surface area contributed by atoms with Crippen molar-refractivity contribution in [1.29, 1.82) is 0 Å². The molecule has 0 aliphatic carbocycles. The second kappa shape index (κ2) is 8.34. The summed E-state index contributed by atoms with van der Waals surface area (Å²) in [4.78, 5) is 16.9. The first-order chi connectivity index (χ1) is 11.0. The average Bonchev–Trinajstić information content (AvgIpc) is 2.51. The summed E-state index contributed by atoms with van der Waals surface area (Å²) < 4.78 is 0. The minimum absolute atomic E-state index is 0.0952. The topological polar surface area (TPSA) is 35.6 Å². The van der Waals surface area contributed by atoms with Crippen LogP contribution in [0.15, 0.2) is 18.2 Å². The molecule has 23 heavy (non-hydrogen) atoms. The van der Waals surface area contributed by atoms with Gasteiger partial charge in [0.15, 0.2) is 0 Å². The van der Waals surface area contributed by atoms with Crippen molar-refractivity contribution in [2.45, 2.75) is 40.5 Å². The van der Waals surface area contributed by atoms with Crippen LogP contribution in [-0.2, 0) is 4.79 Å². The molecular weight excluding hydrogens is 286 g/mol. The van der Waals surface area contributed by atoms with E-state index in [4.69, 9.17) is 0 Å². The van der Waals surface area contributed by atoms with Crippen LogP contribution >= 0.6 is 0 Å². The predicted molar refractivity (Wildman–Crippen MR) is 98.2 cm³/mol. The Kier molecular flexibility index (Phi) is 6.46. The lowest BCUT2D eigenvalue weighted by Gasteiger charge is -2.30. The van der Waals surface area contributed by atoms with E-state index in [2.05, 4.69) is 54.9 Å². The number of benzene rings is 1. The van der Waals surface area contributed by atoms with Gasteiger partial charge in [0.2, 0.25) is 5.91 Å². The molecule has 1 aromatic carbocycles. The molecule has 0 spiro atoms. The maximum atomic E-state index is 12.3. The van der Waals surface area contributed by atoms with E-state index < -0.39 is 0 Å². The first-order valence-corrected chi connectivity index (χ1v) is 8.91.